The molecule has 57 heavy (non-hydrogen) atoms. The van der Waals surface area contributed by atoms with Gasteiger partial charge in [-0.25, -0.2) is 0 Å². The summed E-state index contributed by atoms with van der Waals surface area (Å²) in [4.78, 5) is 2.68. The Labute approximate surface area is 342 Å². The molecule has 5 aromatic rings. The van der Waals surface area contributed by atoms with Gasteiger partial charge in [0.25, 0.3) is 0 Å². The first-order valence-corrected chi connectivity index (χ1v) is 22.6. The molecule has 2 bridgehead atoms. The summed E-state index contributed by atoms with van der Waals surface area (Å²) >= 11 is 0. The van der Waals surface area contributed by atoms with E-state index in [4.69, 9.17) is 0 Å². The van der Waals surface area contributed by atoms with E-state index in [2.05, 4.69) is 163 Å². The van der Waals surface area contributed by atoms with Gasteiger partial charge >= 0.3 is 0 Å². The van der Waals surface area contributed by atoms with Crippen molar-refractivity contribution in [3.63, 3.8) is 0 Å². The molecule has 7 aliphatic rings. The van der Waals surface area contributed by atoms with Gasteiger partial charge in [0, 0.05) is 11.1 Å². The number of rotatable bonds is 4. The Morgan fingerprint density at radius 1 is 0.474 bits per heavy atom. The van der Waals surface area contributed by atoms with E-state index in [1.54, 1.807) is 11.1 Å². The summed E-state index contributed by atoms with van der Waals surface area (Å²) in [6, 6.07) is 41.3. The van der Waals surface area contributed by atoms with Crippen LogP contribution >= 0.6 is 0 Å². The lowest BCUT2D eigenvalue weighted by atomic mass is 9.27. The lowest BCUT2D eigenvalue weighted by Crippen LogP contribution is -2.73. The van der Waals surface area contributed by atoms with E-state index in [1.165, 1.54) is 113 Å². The normalized spacial score (nSPS) is 31.6. The smallest absolute Gasteiger partial charge is 0.0502 e. The van der Waals surface area contributed by atoms with Gasteiger partial charge in [-0.2, -0.15) is 0 Å². The average Bonchev–Trinajstić information content (AvgIpc) is 3.83. The zero-order valence-corrected chi connectivity index (χ0v) is 35.7. The number of nitrogens with zero attached hydrogens (tertiary/aromatic N) is 1. The summed E-state index contributed by atoms with van der Waals surface area (Å²) in [5.74, 6) is 3.64. The van der Waals surface area contributed by atoms with Crippen molar-refractivity contribution in [3.05, 3.63) is 137 Å². The molecule has 6 atom stereocenters. The van der Waals surface area contributed by atoms with Crippen molar-refractivity contribution in [2.45, 2.75) is 134 Å². The lowest BCUT2D eigenvalue weighted by Gasteiger charge is -2.76. The molecular formula is C56H61N. The van der Waals surface area contributed by atoms with E-state index in [9.17, 15) is 0 Å². The fraction of sp³-hybridized carbons (Fsp3) is 0.464. The zero-order chi connectivity index (χ0) is 39.1. The highest BCUT2D eigenvalue weighted by Crippen LogP contribution is 2.89. The molecule has 6 unspecified atom stereocenters. The van der Waals surface area contributed by atoms with Gasteiger partial charge in [0.2, 0.25) is 0 Å². The van der Waals surface area contributed by atoms with Gasteiger partial charge in [-0.05, 0) is 188 Å². The monoisotopic (exact) mass is 747 g/mol. The van der Waals surface area contributed by atoms with Gasteiger partial charge in [0.15, 0.2) is 0 Å². The van der Waals surface area contributed by atoms with Crippen LogP contribution in [0.2, 0.25) is 0 Å². The molecule has 0 aliphatic heterocycles. The van der Waals surface area contributed by atoms with Crippen LogP contribution in [0.3, 0.4) is 0 Å². The summed E-state index contributed by atoms with van der Waals surface area (Å²) in [6.45, 7) is 19.8. The lowest BCUT2D eigenvalue weighted by molar-refractivity contribution is -0.231. The maximum Gasteiger partial charge on any atom is 0.0502 e. The number of fused-ring (bicyclic) bond motifs is 10. The van der Waals surface area contributed by atoms with Crippen molar-refractivity contribution in [1.82, 2.24) is 0 Å². The Bertz CT molecular complexity index is 2450. The molecule has 0 amide bonds. The van der Waals surface area contributed by atoms with Crippen LogP contribution in [0.5, 0.6) is 0 Å². The molecule has 1 nitrogen and oxygen atoms in total. The van der Waals surface area contributed by atoms with Crippen LogP contribution in [0.4, 0.5) is 17.1 Å². The van der Waals surface area contributed by atoms with Crippen molar-refractivity contribution in [2.75, 3.05) is 4.90 Å². The molecule has 12 rings (SSSR count). The van der Waals surface area contributed by atoms with Crippen molar-refractivity contribution < 1.29 is 0 Å². The van der Waals surface area contributed by atoms with Crippen molar-refractivity contribution in [2.24, 2.45) is 29.1 Å². The highest BCUT2D eigenvalue weighted by molar-refractivity contribution is 5.88. The van der Waals surface area contributed by atoms with Gasteiger partial charge < -0.3 is 4.90 Å². The third-order valence-electron chi connectivity index (χ3n) is 18.2. The maximum atomic E-state index is 2.68. The largest absolute Gasteiger partial charge is 0.310 e. The van der Waals surface area contributed by atoms with E-state index in [-0.39, 0.29) is 27.1 Å². The van der Waals surface area contributed by atoms with E-state index in [0.717, 1.165) is 23.7 Å². The van der Waals surface area contributed by atoms with Crippen LogP contribution in [0.25, 0.3) is 22.3 Å². The number of hydrogen-bond donors (Lipinski definition) is 0. The van der Waals surface area contributed by atoms with E-state index in [0.29, 0.717) is 5.41 Å². The first-order valence-electron chi connectivity index (χ1n) is 22.6. The number of anilines is 3. The quantitative estimate of drug-likeness (QED) is 0.177. The molecule has 0 saturated heterocycles. The second-order valence-electron chi connectivity index (χ2n) is 22.7. The minimum Gasteiger partial charge on any atom is -0.310 e. The predicted molar refractivity (Wildman–Crippen MR) is 238 cm³/mol. The fourth-order valence-corrected chi connectivity index (χ4v) is 15.5. The third-order valence-corrected chi connectivity index (χ3v) is 18.2. The molecule has 0 N–H and O–H groups in total. The predicted octanol–water partition coefficient (Wildman–Crippen LogP) is 14.9. The van der Waals surface area contributed by atoms with E-state index < -0.39 is 0 Å². The summed E-state index contributed by atoms with van der Waals surface area (Å²) < 4.78 is 0. The van der Waals surface area contributed by atoms with Crippen LogP contribution < -0.4 is 4.90 Å². The van der Waals surface area contributed by atoms with Gasteiger partial charge in [-0.1, -0.05) is 128 Å². The molecule has 5 aromatic carbocycles. The average molecular weight is 748 g/mol. The Balaban J connectivity index is 1.01. The maximum absolute atomic E-state index is 2.68. The molecule has 4 fully saturated rings. The zero-order valence-electron chi connectivity index (χ0n) is 35.7. The molecule has 1 heteroatoms. The van der Waals surface area contributed by atoms with Gasteiger partial charge in [-0.15, -0.1) is 0 Å². The van der Waals surface area contributed by atoms with E-state index in [1.807, 2.05) is 0 Å². The summed E-state index contributed by atoms with van der Waals surface area (Å²) in [5.41, 5.74) is 20.4. The van der Waals surface area contributed by atoms with Crippen LogP contribution in [-0.2, 0) is 27.1 Å². The molecule has 0 aromatic heterocycles. The topological polar surface area (TPSA) is 3.24 Å². The first kappa shape index (κ1) is 34.9. The Morgan fingerprint density at radius 3 is 1.65 bits per heavy atom. The molecule has 7 aliphatic carbocycles. The molecular weight excluding hydrogens is 687 g/mol. The molecule has 0 heterocycles. The summed E-state index contributed by atoms with van der Waals surface area (Å²) in [5, 5.41) is 0. The highest BCUT2D eigenvalue weighted by Gasteiger charge is 2.84. The highest BCUT2D eigenvalue weighted by atomic mass is 15.2. The SMILES string of the molecule is CC1(C)CCC(C)(C)c2c(N(c3ccc(-c4ccc5c(c4)C4(c6ccccc6-5)C5CC6CC7CC4C75C6)cc3)c3cccc4c3C(C)(C)CCC4(C)C)cccc21. The Hall–Kier alpha value is -4.10. The van der Waals surface area contributed by atoms with Crippen molar-refractivity contribution in [1.29, 1.82) is 0 Å². The van der Waals surface area contributed by atoms with E-state index >= 15 is 0 Å². The van der Waals surface area contributed by atoms with Crippen LogP contribution in [0.1, 0.15) is 140 Å². The van der Waals surface area contributed by atoms with Crippen LogP contribution in [-0.4, -0.2) is 0 Å². The summed E-state index contributed by atoms with van der Waals surface area (Å²) in [7, 11) is 0. The Morgan fingerprint density at radius 2 is 1.02 bits per heavy atom. The minimum atomic E-state index is 0.0700. The van der Waals surface area contributed by atoms with Crippen molar-refractivity contribution in [3.8, 4) is 22.3 Å². The number of hydrogen-bond acceptors (Lipinski definition) is 1. The summed E-state index contributed by atoms with van der Waals surface area (Å²) in [6.07, 6.45) is 10.7. The first-order chi connectivity index (χ1) is 27.2. The van der Waals surface area contributed by atoms with Gasteiger partial charge in [-0.3, -0.25) is 0 Å². The van der Waals surface area contributed by atoms with Crippen LogP contribution in [0.15, 0.2) is 103 Å². The van der Waals surface area contributed by atoms with Gasteiger partial charge in [0.05, 0.1) is 11.4 Å². The number of benzene rings is 5. The molecule has 0 radical (unpaired) electrons. The second kappa shape index (κ2) is 10.9. The molecule has 290 valence electrons. The fourth-order valence-electron chi connectivity index (χ4n) is 15.5. The second-order valence-corrected chi connectivity index (χ2v) is 22.7. The third kappa shape index (κ3) is 4.22. The molecule has 2 spiro atoms. The van der Waals surface area contributed by atoms with Crippen LogP contribution in [0, 0.1) is 29.1 Å². The molecule has 4 saturated carbocycles. The minimum absolute atomic E-state index is 0.0700. The van der Waals surface area contributed by atoms with Crippen molar-refractivity contribution >= 4 is 17.1 Å². The van der Waals surface area contributed by atoms with Gasteiger partial charge in [0.1, 0.15) is 0 Å². The Kier molecular flexibility index (Phi) is 6.69. The standard InChI is InChI=1S/C56H61N/c1-51(2)25-27-53(5,6)49-42(51)15-11-17-45(49)57(46-18-12-16-43-50(46)54(7,8)28-26-52(43,3)4)38-22-19-35(20-23-38)36-21-24-40-39-13-9-10-14-41(39)56(44(40)31-36)47-30-34-29-37-32-48(56)55(37,47)33-34/h9-24,31,34,37,47-48H,25-30,32-33H2,1-8H3.